The quantitative estimate of drug-likeness (QED) is 0.711. The van der Waals surface area contributed by atoms with Gasteiger partial charge in [-0.05, 0) is 62.4 Å². The molecule has 5 heteroatoms. The molecule has 0 bridgehead atoms. The Morgan fingerprint density at radius 1 is 1.13 bits per heavy atom. The molecule has 2 fully saturated rings. The SMILES string of the molecule is Cc1ccccc1CNC(=O)N1CCC2(CC1)CN(C(C)C)C2c1ccc(Cl)cc1. The van der Waals surface area contributed by atoms with Gasteiger partial charge in [-0.3, -0.25) is 4.90 Å². The van der Waals surface area contributed by atoms with Crippen LogP contribution in [0.3, 0.4) is 0 Å². The third kappa shape index (κ3) is 4.08. The summed E-state index contributed by atoms with van der Waals surface area (Å²) < 4.78 is 0. The molecule has 2 heterocycles. The van der Waals surface area contributed by atoms with Crippen LogP contribution >= 0.6 is 11.6 Å². The molecule has 2 aromatic rings. The van der Waals surface area contributed by atoms with E-state index in [4.69, 9.17) is 11.6 Å². The van der Waals surface area contributed by atoms with Crippen molar-refractivity contribution in [2.75, 3.05) is 19.6 Å². The van der Waals surface area contributed by atoms with Gasteiger partial charge < -0.3 is 10.2 Å². The van der Waals surface area contributed by atoms with Gasteiger partial charge in [0, 0.05) is 48.7 Å². The van der Waals surface area contributed by atoms with E-state index in [1.807, 2.05) is 29.2 Å². The second-order valence-electron chi connectivity index (χ2n) is 9.15. The van der Waals surface area contributed by atoms with Crippen LogP contribution in [0.25, 0.3) is 0 Å². The van der Waals surface area contributed by atoms with E-state index in [1.54, 1.807) is 0 Å². The maximum absolute atomic E-state index is 12.8. The number of nitrogens with one attached hydrogen (secondary N) is 1. The molecule has 1 N–H and O–H groups in total. The van der Waals surface area contributed by atoms with Crippen LogP contribution in [0, 0.1) is 12.3 Å². The van der Waals surface area contributed by atoms with Crippen molar-refractivity contribution in [3.8, 4) is 0 Å². The number of nitrogens with zero attached hydrogens (tertiary/aromatic N) is 2. The van der Waals surface area contributed by atoms with Crippen LogP contribution in [0.1, 0.15) is 49.4 Å². The van der Waals surface area contributed by atoms with Gasteiger partial charge in [-0.25, -0.2) is 4.79 Å². The molecule has 0 aromatic heterocycles. The fourth-order valence-corrected chi connectivity index (χ4v) is 5.26. The fraction of sp³-hybridized carbons (Fsp3) is 0.480. The number of aryl methyl sites for hydroxylation is 1. The first-order valence-corrected chi connectivity index (χ1v) is 11.4. The van der Waals surface area contributed by atoms with Crippen molar-refractivity contribution < 1.29 is 4.79 Å². The molecule has 2 amide bonds. The van der Waals surface area contributed by atoms with Crippen LogP contribution in [-0.2, 0) is 6.54 Å². The molecule has 1 unspecified atom stereocenters. The summed E-state index contributed by atoms with van der Waals surface area (Å²) in [6.07, 6.45) is 2.09. The van der Waals surface area contributed by atoms with E-state index in [-0.39, 0.29) is 11.4 Å². The van der Waals surface area contributed by atoms with Crippen LogP contribution < -0.4 is 5.32 Å². The molecule has 30 heavy (non-hydrogen) atoms. The smallest absolute Gasteiger partial charge is 0.317 e. The summed E-state index contributed by atoms with van der Waals surface area (Å²) in [5.41, 5.74) is 3.99. The number of piperidine rings is 1. The monoisotopic (exact) mass is 425 g/mol. The Morgan fingerprint density at radius 2 is 1.80 bits per heavy atom. The molecule has 1 spiro atoms. The van der Waals surface area contributed by atoms with Gasteiger partial charge in [-0.1, -0.05) is 48.0 Å². The van der Waals surface area contributed by atoms with E-state index in [2.05, 4.69) is 55.3 Å². The third-order valence-electron chi connectivity index (χ3n) is 7.00. The number of likely N-dealkylation sites (tertiary alicyclic amines) is 2. The van der Waals surface area contributed by atoms with Gasteiger partial charge >= 0.3 is 6.03 Å². The minimum absolute atomic E-state index is 0.0520. The van der Waals surface area contributed by atoms with Gasteiger partial charge in [0.15, 0.2) is 0 Å². The molecule has 0 saturated carbocycles. The number of hydrogen-bond donors (Lipinski definition) is 1. The molecule has 160 valence electrons. The minimum Gasteiger partial charge on any atom is -0.334 e. The summed E-state index contributed by atoms with van der Waals surface area (Å²) in [5, 5.41) is 3.89. The van der Waals surface area contributed by atoms with Crippen LogP contribution in [0.5, 0.6) is 0 Å². The summed E-state index contributed by atoms with van der Waals surface area (Å²) >= 11 is 6.13. The van der Waals surface area contributed by atoms with Crippen molar-refractivity contribution >= 4 is 17.6 Å². The summed E-state index contributed by atoms with van der Waals surface area (Å²) in [4.78, 5) is 17.3. The maximum atomic E-state index is 12.8. The topological polar surface area (TPSA) is 35.6 Å². The zero-order valence-corrected chi connectivity index (χ0v) is 19.0. The summed E-state index contributed by atoms with van der Waals surface area (Å²) in [7, 11) is 0. The zero-order valence-electron chi connectivity index (χ0n) is 18.2. The molecule has 4 rings (SSSR count). The highest BCUT2D eigenvalue weighted by atomic mass is 35.5. The molecule has 4 nitrogen and oxygen atoms in total. The number of carbonyl (C=O) groups is 1. The molecule has 0 aliphatic carbocycles. The highest BCUT2D eigenvalue weighted by Crippen LogP contribution is 2.55. The largest absolute Gasteiger partial charge is 0.334 e. The molecule has 1 atom stereocenters. The van der Waals surface area contributed by atoms with Crippen molar-refractivity contribution in [3.63, 3.8) is 0 Å². The van der Waals surface area contributed by atoms with Gasteiger partial charge in [0.1, 0.15) is 0 Å². The zero-order chi connectivity index (χ0) is 21.3. The van der Waals surface area contributed by atoms with E-state index >= 15 is 0 Å². The highest BCUT2D eigenvalue weighted by molar-refractivity contribution is 6.30. The number of rotatable bonds is 4. The average molecular weight is 426 g/mol. The van der Waals surface area contributed by atoms with E-state index in [9.17, 15) is 4.79 Å². The number of amides is 2. The number of hydrogen-bond acceptors (Lipinski definition) is 2. The van der Waals surface area contributed by atoms with E-state index in [1.165, 1.54) is 16.7 Å². The molecule has 2 aliphatic heterocycles. The highest BCUT2D eigenvalue weighted by Gasteiger charge is 2.54. The van der Waals surface area contributed by atoms with Crippen molar-refractivity contribution in [2.24, 2.45) is 5.41 Å². The Hall–Kier alpha value is -2.04. The van der Waals surface area contributed by atoms with Gasteiger partial charge in [0.25, 0.3) is 0 Å². The van der Waals surface area contributed by atoms with Gasteiger partial charge in [0.2, 0.25) is 0 Å². The Bertz CT molecular complexity index is 888. The van der Waals surface area contributed by atoms with Crippen LogP contribution in [-0.4, -0.2) is 41.5 Å². The fourth-order valence-electron chi connectivity index (χ4n) is 5.13. The van der Waals surface area contributed by atoms with Gasteiger partial charge in [-0.15, -0.1) is 0 Å². The number of halogens is 1. The lowest BCUT2D eigenvalue weighted by Gasteiger charge is -2.62. The summed E-state index contributed by atoms with van der Waals surface area (Å²) in [6.45, 7) is 9.94. The first-order chi connectivity index (χ1) is 14.4. The van der Waals surface area contributed by atoms with Crippen molar-refractivity contribution in [3.05, 3.63) is 70.2 Å². The van der Waals surface area contributed by atoms with Gasteiger partial charge in [0.05, 0.1) is 0 Å². The third-order valence-corrected chi connectivity index (χ3v) is 7.25. The molecular weight excluding hydrogens is 394 g/mol. The lowest BCUT2D eigenvalue weighted by molar-refractivity contribution is -0.123. The number of carbonyl (C=O) groups excluding carboxylic acids is 1. The molecule has 2 aliphatic rings. The van der Waals surface area contributed by atoms with E-state index in [0.717, 1.165) is 37.5 Å². The Morgan fingerprint density at radius 3 is 2.43 bits per heavy atom. The lowest BCUT2D eigenvalue weighted by Crippen LogP contribution is -2.64. The standard InChI is InChI=1S/C25H32ClN3O/c1-18(2)29-17-25(23(29)20-8-10-22(26)11-9-20)12-14-28(15-13-25)24(30)27-16-21-7-5-4-6-19(21)3/h4-11,18,23H,12-17H2,1-3H3,(H,27,30). The van der Waals surface area contributed by atoms with Crippen LogP contribution in [0.15, 0.2) is 48.5 Å². The Balaban J connectivity index is 1.39. The Labute approximate surface area is 185 Å². The second-order valence-corrected chi connectivity index (χ2v) is 9.59. The normalized spacial score (nSPS) is 21.0. The van der Waals surface area contributed by atoms with Crippen LogP contribution in [0.4, 0.5) is 4.79 Å². The second kappa shape index (κ2) is 8.60. The molecular formula is C25H32ClN3O. The average Bonchev–Trinajstić information content (AvgIpc) is 2.73. The minimum atomic E-state index is 0.0520. The van der Waals surface area contributed by atoms with Crippen molar-refractivity contribution in [1.29, 1.82) is 0 Å². The van der Waals surface area contributed by atoms with Crippen LogP contribution in [0.2, 0.25) is 5.02 Å². The first-order valence-electron chi connectivity index (χ1n) is 11.0. The predicted molar refractivity (Wildman–Crippen MR) is 123 cm³/mol. The Kier molecular flexibility index (Phi) is 6.08. The summed E-state index contributed by atoms with van der Waals surface area (Å²) in [5.74, 6) is 0. The summed E-state index contributed by atoms with van der Waals surface area (Å²) in [6, 6.07) is 17.5. The molecule has 2 saturated heterocycles. The lowest BCUT2D eigenvalue weighted by atomic mass is 9.62. The molecule has 2 aromatic carbocycles. The van der Waals surface area contributed by atoms with E-state index < -0.39 is 0 Å². The van der Waals surface area contributed by atoms with E-state index in [0.29, 0.717) is 18.6 Å². The maximum Gasteiger partial charge on any atom is 0.317 e. The first kappa shape index (κ1) is 21.2. The number of benzene rings is 2. The number of urea groups is 1. The van der Waals surface area contributed by atoms with Crippen molar-refractivity contribution in [2.45, 2.75) is 52.2 Å². The predicted octanol–water partition coefficient (Wildman–Crippen LogP) is 5.41. The molecule has 0 radical (unpaired) electrons. The van der Waals surface area contributed by atoms with Crippen molar-refractivity contribution in [1.82, 2.24) is 15.1 Å². The van der Waals surface area contributed by atoms with Gasteiger partial charge in [-0.2, -0.15) is 0 Å².